The van der Waals surface area contributed by atoms with Crippen LogP contribution in [0.25, 0.3) is 0 Å². The van der Waals surface area contributed by atoms with Crippen LogP contribution >= 0.6 is 0 Å². The Morgan fingerprint density at radius 1 is 1.40 bits per heavy atom. The molecule has 2 heteroatoms. The minimum atomic E-state index is -0.0891. The van der Waals surface area contributed by atoms with Gasteiger partial charge in [0.1, 0.15) is 0 Å². The monoisotopic (exact) mass is 145 g/mol. The lowest BCUT2D eigenvalue weighted by Gasteiger charge is -2.31. The van der Waals surface area contributed by atoms with Gasteiger partial charge in [0.25, 0.3) is 0 Å². The first kappa shape index (κ1) is 9.92. The zero-order valence-corrected chi connectivity index (χ0v) is 7.68. The van der Waals surface area contributed by atoms with Crippen molar-refractivity contribution in [3.8, 4) is 0 Å². The molecule has 0 heterocycles. The van der Waals surface area contributed by atoms with E-state index in [0.717, 1.165) is 6.42 Å². The van der Waals surface area contributed by atoms with Crippen molar-refractivity contribution in [3.05, 3.63) is 0 Å². The van der Waals surface area contributed by atoms with Crippen molar-refractivity contribution in [2.75, 3.05) is 7.05 Å². The highest BCUT2D eigenvalue weighted by Crippen LogP contribution is 2.19. The summed E-state index contributed by atoms with van der Waals surface area (Å²) in [4.78, 5) is 0. The first-order valence-corrected chi connectivity index (χ1v) is 3.79. The minimum absolute atomic E-state index is 0.0891. The van der Waals surface area contributed by atoms with E-state index < -0.39 is 0 Å². The van der Waals surface area contributed by atoms with Crippen LogP contribution in [0.5, 0.6) is 0 Å². The Morgan fingerprint density at radius 2 is 1.80 bits per heavy atom. The Morgan fingerprint density at radius 3 is 1.90 bits per heavy atom. The fraction of sp³-hybridized carbons (Fsp3) is 1.00. The second kappa shape index (κ2) is 3.35. The van der Waals surface area contributed by atoms with E-state index >= 15 is 0 Å². The lowest BCUT2D eigenvalue weighted by Crippen LogP contribution is -2.39. The molecule has 0 aliphatic heterocycles. The summed E-state index contributed by atoms with van der Waals surface area (Å²) in [6.07, 6.45) is 1.01. The predicted molar refractivity (Wildman–Crippen MR) is 43.1 cm³/mol. The maximum absolute atomic E-state index is 9.16. The molecule has 10 heavy (non-hydrogen) atoms. The smallest absolute Gasteiger partial charge is 0.0403 e. The van der Waals surface area contributed by atoms with Crippen molar-refractivity contribution in [1.82, 2.24) is 5.06 Å². The zero-order valence-electron chi connectivity index (χ0n) is 7.68. The lowest BCUT2D eigenvalue weighted by molar-refractivity contribution is -0.145. The van der Waals surface area contributed by atoms with Gasteiger partial charge in [-0.1, -0.05) is 13.8 Å². The molecule has 0 aliphatic carbocycles. The van der Waals surface area contributed by atoms with Gasteiger partial charge in [0, 0.05) is 12.6 Å². The van der Waals surface area contributed by atoms with Gasteiger partial charge < -0.3 is 5.21 Å². The minimum Gasteiger partial charge on any atom is -0.314 e. The van der Waals surface area contributed by atoms with E-state index in [-0.39, 0.29) is 5.54 Å². The van der Waals surface area contributed by atoms with Crippen LogP contribution in [0.15, 0.2) is 0 Å². The van der Waals surface area contributed by atoms with Crippen molar-refractivity contribution in [2.24, 2.45) is 5.92 Å². The maximum Gasteiger partial charge on any atom is 0.0403 e. The molecule has 0 saturated heterocycles. The van der Waals surface area contributed by atoms with Gasteiger partial charge in [0.05, 0.1) is 0 Å². The summed E-state index contributed by atoms with van der Waals surface area (Å²) < 4.78 is 0. The third-order valence-electron chi connectivity index (χ3n) is 1.78. The number of nitrogens with zero attached hydrogens (tertiary/aromatic N) is 1. The van der Waals surface area contributed by atoms with Gasteiger partial charge in [-0.3, -0.25) is 0 Å². The van der Waals surface area contributed by atoms with Crippen molar-refractivity contribution < 1.29 is 5.21 Å². The van der Waals surface area contributed by atoms with Crippen molar-refractivity contribution in [1.29, 1.82) is 0 Å². The summed E-state index contributed by atoms with van der Waals surface area (Å²) in [6.45, 7) is 8.39. The van der Waals surface area contributed by atoms with Gasteiger partial charge >= 0.3 is 0 Å². The maximum atomic E-state index is 9.16. The average Bonchev–Trinajstić information content (AvgIpc) is 1.60. The van der Waals surface area contributed by atoms with Crippen LogP contribution in [-0.2, 0) is 0 Å². The first-order valence-electron chi connectivity index (χ1n) is 3.79. The predicted octanol–water partition coefficient (Wildman–Crippen LogP) is 2.13. The Balaban J connectivity index is 3.87. The van der Waals surface area contributed by atoms with Gasteiger partial charge in [-0.25, -0.2) is 0 Å². The third-order valence-corrected chi connectivity index (χ3v) is 1.78. The SMILES string of the molecule is CC(C)CC(C)(C)N(C)O. The van der Waals surface area contributed by atoms with E-state index in [1.165, 1.54) is 5.06 Å². The molecule has 0 aromatic carbocycles. The average molecular weight is 145 g/mol. The molecule has 0 aromatic rings. The highest BCUT2D eigenvalue weighted by molar-refractivity contribution is 4.75. The molecular weight excluding hydrogens is 126 g/mol. The largest absolute Gasteiger partial charge is 0.314 e. The normalized spacial score (nSPS) is 13.2. The molecule has 0 fully saturated rings. The molecule has 0 saturated carbocycles. The van der Waals surface area contributed by atoms with Crippen molar-refractivity contribution >= 4 is 0 Å². The molecule has 0 bridgehead atoms. The van der Waals surface area contributed by atoms with Crippen LogP contribution in [0.3, 0.4) is 0 Å². The third kappa shape index (κ3) is 3.18. The molecule has 0 atom stereocenters. The molecule has 0 aromatic heterocycles. The number of hydrogen-bond donors (Lipinski definition) is 1. The van der Waals surface area contributed by atoms with Crippen LogP contribution in [0.1, 0.15) is 34.1 Å². The zero-order chi connectivity index (χ0) is 8.36. The van der Waals surface area contributed by atoms with Gasteiger partial charge in [0.2, 0.25) is 0 Å². The van der Waals surface area contributed by atoms with Crippen molar-refractivity contribution in [3.63, 3.8) is 0 Å². The van der Waals surface area contributed by atoms with E-state index in [1.807, 2.05) is 13.8 Å². The molecule has 0 unspecified atom stereocenters. The summed E-state index contributed by atoms with van der Waals surface area (Å²) in [5.41, 5.74) is -0.0891. The summed E-state index contributed by atoms with van der Waals surface area (Å²) in [5, 5.41) is 10.4. The number of hydroxylamine groups is 2. The molecule has 0 rings (SSSR count). The lowest BCUT2D eigenvalue weighted by atomic mass is 9.93. The number of rotatable bonds is 3. The second-order valence-corrected chi connectivity index (χ2v) is 3.93. The quantitative estimate of drug-likeness (QED) is 0.615. The van der Waals surface area contributed by atoms with E-state index in [4.69, 9.17) is 5.21 Å². The van der Waals surface area contributed by atoms with Crippen LogP contribution < -0.4 is 0 Å². The van der Waals surface area contributed by atoms with Gasteiger partial charge in [-0.05, 0) is 26.2 Å². The Bertz CT molecular complexity index is 97.4. The Hall–Kier alpha value is -0.0800. The molecule has 1 N–H and O–H groups in total. The Labute approximate surface area is 63.8 Å². The van der Waals surface area contributed by atoms with E-state index in [2.05, 4.69) is 13.8 Å². The molecule has 2 nitrogen and oxygen atoms in total. The molecule has 0 amide bonds. The topological polar surface area (TPSA) is 23.5 Å². The summed E-state index contributed by atoms with van der Waals surface area (Å²) in [6, 6.07) is 0. The summed E-state index contributed by atoms with van der Waals surface area (Å²) in [7, 11) is 1.70. The molecule has 0 radical (unpaired) electrons. The highest BCUT2D eigenvalue weighted by Gasteiger charge is 2.22. The molecule has 0 spiro atoms. The first-order chi connectivity index (χ1) is 4.36. The summed E-state index contributed by atoms with van der Waals surface area (Å²) >= 11 is 0. The standard InChI is InChI=1S/C8H19NO/c1-7(2)6-8(3,4)9(5)10/h7,10H,6H2,1-5H3. The highest BCUT2D eigenvalue weighted by atomic mass is 16.5. The van der Waals surface area contributed by atoms with Gasteiger partial charge in [-0.2, -0.15) is 5.06 Å². The van der Waals surface area contributed by atoms with E-state index in [9.17, 15) is 0 Å². The van der Waals surface area contributed by atoms with E-state index in [0.29, 0.717) is 5.92 Å². The van der Waals surface area contributed by atoms with Crippen LogP contribution in [0.2, 0.25) is 0 Å². The fourth-order valence-corrected chi connectivity index (χ4v) is 1.13. The second-order valence-electron chi connectivity index (χ2n) is 3.93. The van der Waals surface area contributed by atoms with Crippen LogP contribution in [0.4, 0.5) is 0 Å². The van der Waals surface area contributed by atoms with Crippen LogP contribution in [0, 0.1) is 5.92 Å². The molecule has 62 valence electrons. The van der Waals surface area contributed by atoms with Crippen molar-refractivity contribution in [2.45, 2.75) is 39.7 Å². The summed E-state index contributed by atoms with van der Waals surface area (Å²) in [5.74, 6) is 0.629. The fourth-order valence-electron chi connectivity index (χ4n) is 1.13. The number of hydrogen-bond acceptors (Lipinski definition) is 2. The Kier molecular flexibility index (Phi) is 3.33. The van der Waals surface area contributed by atoms with Gasteiger partial charge in [-0.15, -0.1) is 0 Å². The van der Waals surface area contributed by atoms with Crippen LogP contribution in [-0.4, -0.2) is 22.9 Å². The van der Waals surface area contributed by atoms with E-state index in [1.54, 1.807) is 7.05 Å². The molecular formula is C8H19NO. The van der Waals surface area contributed by atoms with Gasteiger partial charge in [0.15, 0.2) is 0 Å². The molecule has 0 aliphatic rings.